The van der Waals surface area contributed by atoms with Crippen LogP contribution in [0.3, 0.4) is 0 Å². The van der Waals surface area contributed by atoms with Crippen LogP contribution in [0.15, 0.2) is 35.9 Å². The van der Waals surface area contributed by atoms with Gasteiger partial charge >= 0.3 is 5.97 Å². The lowest BCUT2D eigenvalue weighted by molar-refractivity contribution is -0.255. The summed E-state index contributed by atoms with van der Waals surface area (Å²) in [4.78, 5) is 34.6. The van der Waals surface area contributed by atoms with E-state index in [0.717, 1.165) is 34.0 Å². The van der Waals surface area contributed by atoms with E-state index in [9.17, 15) is 14.7 Å². The van der Waals surface area contributed by atoms with Crippen LogP contribution < -0.4 is 0 Å². The van der Waals surface area contributed by atoms with Gasteiger partial charge in [-0.05, 0) is 81.9 Å². The number of hydrogen-bond donors (Lipinski definition) is 1. The van der Waals surface area contributed by atoms with Crippen LogP contribution in [0, 0.1) is 23.7 Å². The number of ether oxygens (including phenoxy) is 6. The van der Waals surface area contributed by atoms with Gasteiger partial charge in [-0.25, -0.2) is 4.98 Å². The number of benzene rings is 1. The van der Waals surface area contributed by atoms with Crippen LogP contribution in [0.5, 0.6) is 0 Å². The number of thiazole rings is 1. The molecular formula is C41H56ClNO9S. The highest BCUT2D eigenvalue weighted by atomic mass is 35.5. The fourth-order valence-corrected chi connectivity index (χ4v) is 10.4. The second kappa shape index (κ2) is 17.7. The number of nitrogens with zero attached hydrogens (tertiary/aromatic N) is 1. The van der Waals surface area contributed by atoms with Crippen LogP contribution in [0.2, 0.25) is 5.02 Å². The van der Waals surface area contributed by atoms with E-state index in [0.29, 0.717) is 36.3 Å². The van der Waals surface area contributed by atoms with Crippen molar-refractivity contribution in [1.29, 1.82) is 0 Å². The molecule has 12 heteroatoms. The number of halogens is 1. The molecule has 0 spiro atoms. The molecule has 6 rings (SSSR count). The summed E-state index contributed by atoms with van der Waals surface area (Å²) < 4.78 is 36.2. The van der Waals surface area contributed by atoms with E-state index in [-0.39, 0.29) is 72.9 Å². The lowest BCUT2D eigenvalue weighted by Crippen LogP contribution is -2.43. The van der Waals surface area contributed by atoms with Crippen molar-refractivity contribution in [3.05, 3.63) is 51.5 Å². The Kier molecular flexibility index (Phi) is 13.5. The Morgan fingerprint density at radius 1 is 1.08 bits per heavy atom. The van der Waals surface area contributed by atoms with Gasteiger partial charge < -0.3 is 33.5 Å². The molecule has 0 radical (unpaired) electrons. The minimum atomic E-state index is -0.776. The first kappa shape index (κ1) is 40.4. The van der Waals surface area contributed by atoms with Gasteiger partial charge in [0, 0.05) is 60.5 Å². The second-order valence-electron chi connectivity index (χ2n) is 15.4. The maximum absolute atomic E-state index is 14.4. The molecule has 3 aliphatic carbocycles. The van der Waals surface area contributed by atoms with Crippen LogP contribution >= 0.6 is 22.9 Å². The number of cyclic esters (lactones) is 1. The Morgan fingerprint density at radius 3 is 2.57 bits per heavy atom. The number of fused-ring (bicyclic) bond motifs is 8. The molecule has 292 valence electrons. The third-order valence-electron chi connectivity index (χ3n) is 12.2. The number of methoxy groups -OCH3 is 3. The molecule has 0 amide bonds. The quantitative estimate of drug-likeness (QED) is 0.171. The summed E-state index contributed by atoms with van der Waals surface area (Å²) in [6.07, 6.45) is 3.36. The maximum atomic E-state index is 14.4. The standard InChI is InChI=1S/C41H56ClNO9S/c1-8-26-13-10-14-33(44)21(2)38(46)31-18-29-28-16-27(52-41(34(49-7)20-47-5)50-23(4)22(3)48-6)17-32(28)39-37(36(29)30(31)19-35(45)51-26)43-40(53-39)24-11-9-12-25(42)15-24/h9,11-12,15,18,21-23,26-30,32-34,36,41,44H,8,10,13-14,16-17,19-20H2,1-7H3/t21-,22-,23?,26+,27+,28+,29+,30-,32-,33+,34+,36-,41?/m1/s1. The number of carbonyl (C=O) groups is 2. The first-order valence-corrected chi connectivity index (χ1v) is 20.4. The number of aromatic nitrogens is 1. The van der Waals surface area contributed by atoms with Crippen molar-refractivity contribution in [2.24, 2.45) is 23.7 Å². The van der Waals surface area contributed by atoms with E-state index in [1.807, 2.05) is 52.0 Å². The first-order chi connectivity index (χ1) is 25.5. The van der Waals surface area contributed by atoms with Gasteiger partial charge in [0.25, 0.3) is 0 Å². The number of allylic oxidation sites excluding steroid dienone is 2. The van der Waals surface area contributed by atoms with E-state index < -0.39 is 30.3 Å². The molecule has 1 saturated carbocycles. The maximum Gasteiger partial charge on any atom is 0.306 e. The van der Waals surface area contributed by atoms with Gasteiger partial charge in [0.2, 0.25) is 0 Å². The normalized spacial score (nSPS) is 32.5. The zero-order valence-corrected chi connectivity index (χ0v) is 33.6. The Bertz CT molecular complexity index is 1620. The largest absolute Gasteiger partial charge is 0.462 e. The van der Waals surface area contributed by atoms with E-state index in [4.69, 9.17) is 45.0 Å². The molecule has 10 nitrogen and oxygen atoms in total. The van der Waals surface area contributed by atoms with Crippen molar-refractivity contribution in [3.8, 4) is 10.6 Å². The van der Waals surface area contributed by atoms with Crippen molar-refractivity contribution < 1.29 is 43.1 Å². The molecule has 2 fully saturated rings. The SMILES string of the molecule is CC[C@H]1CCC[C@H](O)[C@@H](C)C(=O)C2=C[C@H]3[C@@H]4C[C@H](OC(OC(C)[C@@H](C)OC)[C@H](COC)OC)C[C@H]4c4sc(-c5cccc(Cl)c5)nc4[C@H]3[C@@H]2CC(=O)O1. The summed E-state index contributed by atoms with van der Waals surface area (Å²) in [6.45, 7) is 8.03. The minimum absolute atomic E-state index is 0.0624. The van der Waals surface area contributed by atoms with Crippen molar-refractivity contribution in [2.45, 2.75) is 127 Å². The summed E-state index contributed by atoms with van der Waals surface area (Å²) in [5.74, 6) is -1.44. The molecule has 1 aliphatic heterocycles. The van der Waals surface area contributed by atoms with Crippen LogP contribution in [0.4, 0.5) is 0 Å². The van der Waals surface area contributed by atoms with Crippen molar-refractivity contribution in [3.63, 3.8) is 0 Å². The van der Waals surface area contributed by atoms with Crippen LogP contribution in [0.1, 0.15) is 95.0 Å². The molecule has 13 atom stereocenters. The average Bonchev–Trinajstić information content (AvgIpc) is 3.87. The third-order valence-corrected chi connectivity index (χ3v) is 13.7. The molecule has 0 bridgehead atoms. The number of rotatable bonds is 12. The van der Waals surface area contributed by atoms with Gasteiger partial charge in [-0.1, -0.05) is 43.7 Å². The van der Waals surface area contributed by atoms with Gasteiger partial charge in [-0.2, -0.15) is 0 Å². The zero-order chi connectivity index (χ0) is 38.0. The lowest BCUT2D eigenvalue weighted by atomic mass is 9.67. The van der Waals surface area contributed by atoms with E-state index >= 15 is 0 Å². The molecule has 1 N–H and O–H groups in total. The van der Waals surface area contributed by atoms with Crippen molar-refractivity contribution >= 4 is 34.7 Å². The Balaban J connectivity index is 1.40. The fourth-order valence-electron chi connectivity index (χ4n) is 8.95. The molecule has 1 aromatic carbocycles. The van der Waals surface area contributed by atoms with Gasteiger partial charge in [-0.15, -0.1) is 11.3 Å². The van der Waals surface area contributed by atoms with Gasteiger partial charge in [0.15, 0.2) is 12.1 Å². The van der Waals surface area contributed by atoms with Crippen molar-refractivity contribution in [2.75, 3.05) is 27.9 Å². The van der Waals surface area contributed by atoms with Crippen LogP contribution in [0.25, 0.3) is 10.6 Å². The smallest absolute Gasteiger partial charge is 0.306 e. The highest BCUT2D eigenvalue weighted by Gasteiger charge is 2.56. The first-order valence-electron chi connectivity index (χ1n) is 19.2. The molecule has 1 saturated heterocycles. The van der Waals surface area contributed by atoms with Crippen LogP contribution in [-0.4, -0.2) is 92.7 Å². The number of carbonyl (C=O) groups excluding carboxylic acids is 2. The molecule has 53 heavy (non-hydrogen) atoms. The van der Waals surface area contributed by atoms with Gasteiger partial charge in [-0.3, -0.25) is 9.59 Å². The Labute approximate surface area is 322 Å². The van der Waals surface area contributed by atoms with Gasteiger partial charge in [0.05, 0.1) is 43.1 Å². The molecule has 4 aliphatic rings. The van der Waals surface area contributed by atoms with E-state index in [1.54, 1.807) is 32.7 Å². The summed E-state index contributed by atoms with van der Waals surface area (Å²) in [6, 6.07) is 7.71. The topological polar surface area (TPSA) is 123 Å². The zero-order valence-electron chi connectivity index (χ0n) is 32.0. The molecular weight excluding hydrogens is 718 g/mol. The van der Waals surface area contributed by atoms with Gasteiger partial charge in [0.1, 0.15) is 17.2 Å². The summed E-state index contributed by atoms with van der Waals surface area (Å²) in [5, 5.41) is 12.7. The molecule has 2 unspecified atom stereocenters. The van der Waals surface area contributed by atoms with Crippen molar-refractivity contribution in [1.82, 2.24) is 4.98 Å². The minimum Gasteiger partial charge on any atom is -0.462 e. The lowest BCUT2D eigenvalue weighted by Gasteiger charge is -2.37. The molecule has 2 aromatic rings. The highest BCUT2D eigenvalue weighted by Crippen LogP contribution is 2.63. The summed E-state index contributed by atoms with van der Waals surface area (Å²) in [7, 11) is 4.91. The van der Waals surface area contributed by atoms with E-state index in [1.165, 1.54) is 0 Å². The van der Waals surface area contributed by atoms with E-state index in [2.05, 4.69) is 6.08 Å². The third kappa shape index (κ3) is 8.63. The number of esters is 1. The number of aliphatic hydroxyl groups is 1. The fraction of sp³-hybridized carbons (Fsp3) is 0.683. The average molecular weight is 774 g/mol. The molecule has 2 heterocycles. The Morgan fingerprint density at radius 2 is 1.87 bits per heavy atom. The summed E-state index contributed by atoms with van der Waals surface area (Å²) >= 11 is 8.12. The summed E-state index contributed by atoms with van der Waals surface area (Å²) in [5.41, 5.74) is 2.48. The Hall–Kier alpha value is -2.22. The number of hydrogen-bond acceptors (Lipinski definition) is 11. The number of aliphatic hydroxyl groups excluding tert-OH is 1. The number of Topliss-reactive ketones (excluding diaryl/α,β-unsaturated/α-hetero) is 1. The molecule has 1 aromatic heterocycles. The predicted octanol–water partition coefficient (Wildman–Crippen LogP) is 7.50. The number of ketones is 1. The van der Waals surface area contributed by atoms with Crippen LogP contribution in [-0.2, 0) is 38.0 Å². The second-order valence-corrected chi connectivity index (χ2v) is 16.8. The monoisotopic (exact) mass is 773 g/mol. The predicted molar refractivity (Wildman–Crippen MR) is 203 cm³/mol. The highest BCUT2D eigenvalue weighted by molar-refractivity contribution is 7.15.